The Balaban J connectivity index is 2.87. The van der Waals surface area contributed by atoms with Crippen LogP contribution in [0.5, 0.6) is 0 Å². The van der Waals surface area contributed by atoms with Crippen molar-refractivity contribution in [1.82, 2.24) is 4.84 Å². The molecule has 0 saturated heterocycles. The maximum absolute atomic E-state index is 5.58. The van der Waals surface area contributed by atoms with Gasteiger partial charge in [-0.2, -0.15) is 0 Å². The molecule has 0 bridgehead atoms. The molecule has 0 spiro atoms. The summed E-state index contributed by atoms with van der Waals surface area (Å²) in [5.41, 5.74) is 14.9. The van der Waals surface area contributed by atoms with E-state index in [1.54, 1.807) is 0 Å². The van der Waals surface area contributed by atoms with Crippen LogP contribution in [0.3, 0.4) is 0 Å². The Morgan fingerprint density at radius 2 is 1.73 bits per heavy atom. The van der Waals surface area contributed by atoms with Crippen molar-refractivity contribution in [3.05, 3.63) is 34.9 Å². The fraction of sp³-hybridized carbons (Fsp3) is 0.455. The van der Waals surface area contributed by atoms with Gasteiger partial charge in [-0.05, 0) is 54.4 Å². The minimum Gasteiger partial charge on any atom is -0.330 e. The molecule has 0 radical (unpaired) electrons. The fourth-order valence-corrected chi connectivity index (χ4v) is 1.81. The maximum atomic E-state index is 5.58. The molecule has 84 valence electrons. The lowest BCUT2D eigenvalue weighted by molar-refractivity contribution is 0.890. The lowest BCUT2D eigenvalue weighted by Crippen LogP contribution is -2.10. The first-order valence-corrected chi connectivity index (χ1v) is 5.54. The molecule has 0 unspecified atom stereocenters. The molecular weight excluding hydrogens is 210 g/mol. The van der Waals surface area contributed by atoms with Crippen LogP contribution in [0.4, 0.5) is 0 Å². The predicted octanol–water partition coefficient (Wildman–Crippen LogP) is 0.932. The smallest absolute Gasteiger partial charge is 0.0359 e. The fourth-order valence-electron chi connectivity index (χ4n) is 1.65. The molecular formula is C11H18ClN3. The molecule has 4 heteroatoms. The zero-order valence-electron chi connectivity index (χ0n) is 8.80. The van der Waals surface area contributed by atoms with Crippen LogP contribution < -0.4 is 16.3 Å². The highest BCUT2D eigenvalue weighted by molar-refractivity contribution is 6.13. The molecule has 0 amide bonds. The molecule has 0 aliphatic heterocycles. The van der Waals surface area contributed by atoms with Crippen molar-refractivity contribution >= 4 is 11.8 Å². The summed E-state index contributed by atoms with van der Waals surface area (Å²) >= 11 is 5.47. The van der Waals surface area contributed by atoms with Crippen LogP contribution in [0.25, 0.3) is 0 Å². The van der Waals surface area contributed by atoms with E-state index < -0.39 is 0 Å². The van der Waals surface area contributed by atoms with Gasteiger partial charge in [-0.1, -0.05) is 18.2 Å². The first-order valence-electron chi connectivity index (χ1n) is 5.16. The SMILES string of the molecule is NCCc1ccc(CNCl)cc1CCN. The highest BCUT2D eigenvalue weighted by Crippen LogP contribution is 2.13. The zero-order chi connectivity index (χ0) is 11.1. The monoisotopic (exact) mass is 227 g/mol. The summed E-state index contributed by atoms with van der Waals surface area (Å²) in [6.07, 6.45) is 1.80. The number of nitrogens with two attached hydrogens (primary N) is 2. The van der Waals surface area contributed by atoms with Crippen LogP contribution in [0, 0.1) is 0 Å². The van der Waals surface area contributed by atoms with Crippen LogP contribution >= 0.6 is 11.8 Å². The molecule has 0 aliphatic rings. The van der Waals surface area contributed by atoms with Gasteiger partial charge < -0.3 is 11.5 Å². The molecule has 5 N–H and O–H groups in total. The quantitative estimate of drug-likeness (QED) is 0.634. The van der Waals surface area contributed by atoms with Crippen molar-refractivity contribution in [2.75, 3.05) is 13.1 Å². The molecule has 1 rings (SSSR count). The number of benzene rings is 1. The Kier molecular flexibility index (Phi) is 5.65. The van der Waals surface area contributed by atoms with E-state index in [0.717, 1.165) is 12.8 Å². The van der Waals surface area contributed by atoms with Crippen LogP contribution in [0.1, 0.15) is 16.7 Å². The second-order valence-corrected chi connectivity index (χ2v) is 3.76. The molecule has 0 fully saturated rings. The molecule has 15 heavy (non-hydrogen) atoms. The van der Waals surface area contributed by atoms with Gasteiger partial charge >= 0.3 is 0 Å². The van der Waals surface area contributed by atoms with E-state index in [9.17, 15) is 0 Å². The molecule has 0 saturated carbocycles. The average Bonchev–Trinajstić information content (AvgIpc) is 2.23. The Bertz CT molecular complexity index is 302. The van der Waals surface area contributed by atoms with E-state index in [2.05, 4.69) is 23.0 Å². The normalized spacial score (nSPS) is 10.6. The van der Waals surface area contributed by atoms with Gasteiger partial charge in [0, 0.05) is 6.54 Å². The summed E-state index contributed by atoms with van der Waals surface area (Å²) in [6.45, 7) is 2.00. The Morgan fingerprint density at radius 1 is 1.07 bits per heavy atom. The third kappa shape index (κ3) is 3.80. The van der Waals surface area contributed by atoms with Gasteiger partial charge in [-0.25, -0.2) is 4.84 Å². The Morgan fingerprint density at radius 3 is 2.33 bits per heavy atom. The highest BCUT2D eigenvalue weighted by Gasteiger charge is 2.02. The first kappa shape index (κ1) is 12.5. The molecule has 0 heterocycles. The Labute approximate surface area is 95.9 Å². The third-order valence-electron chi connectivity index (χ3n) is 2.37. The van der Waals surface area contributed by atoms with E-state index in [1.807, 2.05) is 0 Å². The van der Waals surface area contributed by atoms with Crippen molar-refractivity contribution in [3.8, 4) is 0 Å². The van der Waals surface area contributed by atoms with Crippen molar-refractivity contribution in [2.24, 2.45) is 11.5 Å². The van der Waals surface area contributed by atoms with Gasteiger partial charge in [0.1, 0.15) is 0 Å². The number of halogens is 1. The van der Waals surface area contributed by atoms with Gasteiger partial charge in [-0.3, -0.25) is 0 Å². The second-order valence-electron chi connectivity index (χ2n) is 3.49. The van der Waals surface area contributed by atoms with E-state index in [-0.39, 0.29) is 0 Å². The summed E-state index contributed by atoms with van der Waals surface area (Å²) in [7, 11) is 0. The van der Waals surface area contributed by atoms with Crippen molar-refractivity contribution in [2.45, 2.75) is 19.4 Å². The van der Waals surface area contributed by atoms with Crippen molar-refractivity contribution in [1.29, 1.82) is 0 Å². The van der Waals surface area contributed by atoms with E-state index >= 15 is 0 Å². The van der Waals surface area contributed by atoms with Gasteiger partial charge in [-0.15, -0.1) is 0 Å². The van der Waals surface area contributed by atoms with E-state index in [1.165, 1.54) is 16.7 Å². The largest absolute Gasteiger partial charge is 0.330 e. The maximum Gasteiger partial charge on any atom is 0.0359 e. The molecule has 3 nitrogen and oxygen atoms in total. The minimum atomic E-state index is 0.662. The molecule has 1 aromatic rings. The molecule has 1 aromatic carbocycles. The lowest BCUT2D eigenvalue weighted by atomic mass is 9.99. The van der Waals surface area contributed by atoms with Gasteiger partial charge in [0.25, 0.3) is 0 Å². The minimum absolute atomic E-state index is 0.662. The molecule has 0 aromatic heterocycles. The van der Waals surface area contributed by atoms with Gasteiger partial charge in [0.15, 0.2) is 0 Å². The highest BCUT2D eigenvalue weighted by atomic mass is 35.5. The predicted molar refractivity (Wildman–Crippen MR) is 64.7 cm³/mol. The number of hydrogen-bond acceptors (Lipinski definition) is 3. The summed E-state index contributed by atoms with van der Waals surface area (Å²) in [4.78, 5) is 2.62. The summed E-state index contributed by atoms with van der Waals surface area (Å²) in [6, 6.07) is 6.33. The van der Waals surface area contributed by atoms with E-state index in [0.29, 0.717) is 19.6 Å². The van der Waals surface area contributed by atoms with Crippen molar-refractivity contribution in [3.63, 3.8) is 0 Å². The average molecular weight is 228 g/mol. The van der Waals surface area contributed by atoms with Gasteiger partial charge in [0.2, 0.25) is 0 Å². The van der Waals surface area contributed by atoms with Crippen LogP contribution in [-0.4, -0.2) is 13.1 Å². The van der Waals surface area contributed by atoms with Crippen molar-refractivity contribution < 1.29 is 0 Å². The second kappa shape index (κ2) is 6.80. The topological polar surface area (TPSA) is 64.1 Å². The van der Waals surface area contributed by atoms with Gasteiger partial charge in [0.05, 0.1) is 0 Å². The van der Waals surface area contributed by atoms with E-state index in [4.69, 9.17) is 23.2 Å². The molecule has 0 aliphatic carbocycles. The summed E-state index contributed by atoms with van der Waals surface area (Å²) in [5.74, 6) is 0. The van der Waals surface area contributed by atoms with Crippen LogP contribution in [-0.2, 0) is 19.4 Å². The lowest BCUT2D eigenvalue weighted by Gasteiger charge is -2.10. The first-order chi connectivity index (χ1) is 7.31. The Hall–Kier alpha value is -0.610. The summed E-state index contributed by atoms with van der Waals surface area (Å²) < 4.78 is 0. The third-order valence-corrected chi connectivity index (χ3v) is 2.50. The zero-order valence-corrected chi connectivity index (χ0v) is 9.56. The number of hydrogen-bond donors (Lipinski definition) is 3. The standard InChI is InChI=1S/C11H18ClN3/c12-15-8-9-1-2-10(3-5-13)11(7-9)4-6-14/h1-2,7,15H,3-6,8,13-14H2. The summed E-state index contributed by atoms with van der Waals surface area (Å²) in [5, 5.41) is 0. The van der Waals surface area contributed by atoms with Crippen LogP contribution in [0.2, 0.25) is 0 Å². The number of nitrogens with one attached hydrogen (secondary N) is 1. The van der Waals surface area contributed by atoms with Crippen LogP contribution in [0.15, 0.2) is 18.2 Å². The number of rotatable bonds is 6. The molecule has 0 atom stereocenters.